The molecule has 0 atom stereocenters. The number of hydrogen-bond acceptors (Lipinski definition) is 7. The molecule has 0 spiro atoms. The Kier molecular flexibility index (Phi) is 4.63. The quantitative estimate of drug-likeness (QED) is 0.709. The van der Waals surface area contributed by atoms with Gasteiger partial charge in [0.05, 0.1) is 29.7 Å². The molecule has 0 radical (unpaired) electrons. The maximum absolute atomic E-state index is 12.6. The highest BCUT2D eigenvalue weighted by molar-refractivity contribution is 7.91. The molecule has 2 aromatic rings. The molecular weight excluding hydrogens is 352 g/mol. The average molecular weight is 368 g/mol. The van der Waals surface area contributed by atoms with E-state index in [-0.39, 0.29) is 16.3 Å². The zero-order valence-corrected chi connectivity index (χ0v) is 14.5. The number of aryl methyl sites for hydroxylation is 1. The molecule has 0 amide bonds. The summed E-state index contributed by atoms with van der Waals surface area (Å²) in [5.74, 6) is -1.22. The highest BCUT2D eigenvalue weighted by Crippen LogP contribution is 2.34. The summed E-state index contributed by atoms with van der Waals surface area (Å²) < 4.78 is 27.4. The van der Waals surface area contributed by atoms with Gasteiger partial charge in [-0.3, -0.25) is 9.97 Å². The number of rotatable bonds is 5. The summed E-state index contributed by atoms with van der Waals surface area (Å²) in [4.78, 5) is 20.5. The topological polar surface area (TPSA) is 121 Å². The Morgan fingerprint density at radius 2 is 2.21 bits per heavy atom. The SMILES string of the molecule is Cc1cnc(CNS(=O)(=O)c2sc3c(c2C(=O)O)CCNC3)cn1. The molecule has 0 saturated carbocycles. The Morgan fingerprint density at radius 1 is 1.42 bits per heavy atom. The van der Waals surface area contributed by atoms with E-state index in [0.29, 0.717) is 30.8 Å². The second-order valence-corrected chi connectivity index (χ2v) is 8.44. The van der Waals surface area contributed by atoms with Crippen LogP contribution in [-0.2, 0) is 29.5 Å². The summed E-state index contributed by atoms with van der Waals surface area (Å²) in [6.07, 6.45) is 3.54. The van der Waals surface area contributed by atoms with Gasteiger partial charge >= 0.3 is 5.97 Å². The van der Waals surface area contributed by atoms with Gasteiger partial charge in [-0.1, -0.05) is 0 Å². The van der Waals surface area contributed by atoms with Crippen LogP contribution >= 0.6 is 11.3 Å². The van der Waals surface area contributed by atoms with Gasteiger partial charge in [-0.15, -0.1) is 11.3 Å². The van der Waals surface area contributed by atoms with Crippen molar-refractivity contribution in [3.05, 3.63) is 39.8 Å². The number of nitrogens with zero attached hydrogens (tertiary/aromatic N) is 2. The third-order valence-electron chi connectivity index (χ3n) is 3.63. The molecule has 1 aliphatic rings. The summed E-state index contributed by atoms with van der Waals surface area (Å²) in [5.41, 5.74) is 1.69. The minimum atomic E-state index is -3.95. The Bertz CT molecular complexity index is 875. The Morgan fingerprint density at radius 3 is 2.88 bits per heavy atom. The van der Waals surface area contributed by atoms with Crippen LogP contribution in [0.4, 0.5) is 0 Å². The van der Waals surface area contributed by atoms with E-state index in [4.69, 9.17) is 0 Å². The molecule has 0 aliphatic carbocycles. The number of sulfonamides is 1. The lowest BCUT2D eigenvalue weighted by Crippen LogP contribution is -2.25. The fraction of sp³-hybridized carbons (Fsp3) is 0.357. The third-order valence-corrected chi connectivity index (χ3v) is 6.78. The second-order valence-electron chi connectivity index (χ2n) is 5.37. The lowest BCUT2D eigenvalue weighted by molar-refractivity contribution is 0.0692. The molecule has 8 nitrogen and oxygen atoms in total. The van der Waals surface area contributed by atoms with Gasteiger partial charge in [-0.2, -0.15) is 0 Å². The molecule has 128 valence electrons. The van der Waals surface area contributed by atoms with Crippen LogP contribution in [0.1, 0.15) is 32.2 Å². The Hall–Kier alpha value is -1.88. The van der Waals surface area contributed by atoms with E-state index in [1.807, 2.05) is 0 Å². The standard InChI is InChI=1S/C14H16N4O4S2/c1-8-4-17-9(5-16-8)6-18-24(21,22)14-12(13(19)20)10-2-3-15-7-11(10)23-14/h4-5,15,18H,2-3,6-7H2,1H3,(H,19,20). The van der Waals surface area contributed by atoms with Crippen LogP contribution in [-0.4, -0.2) is 36.0 Å². The van der Waals surface area contributed by atoms with Crippen LogP contribution in [0.2, 0.25) is 0 Å². The molecule has 0 bridgehead atoms. The molecule has 0 fully saturated rings. The molecule has 3 rings (SSSR count). The van der Waals surface area contributed by atoms with Crippen LogP contribution < -0.4 is 10.0 Å². The van der Waals surface area contributed by atoms with Gasteiger partial charge in [0.15, 0.2) is 0 Å². The van der Waals surface area contributed by atoms with Gasteiger partial charge < -0.3 is 10.4 Å². The number of aromatic carboxylic acids is 1. The van der Waals surface area contributed by atoms with Crippen molar-refractivity contribution in [1.29, 1.82) is 0 Å². The minimum Gasteiger partial charge on any atom is -0.478 e. The van der Waals surface area contributed by atoms with E-state index < -0.39 is 16.0 Å². The van der Waals surface area contributed by atoms with Crippen molar-refractivity contribution in [2.45, 2.75) is 30.6 Å². The van der Waals surface area contributed by atoms with E-state index >= 15 is 0 Å². The number of aromatic nitrogens is 2. The molecule has 24 heavy (non-hydrogen) atoms. The minimum absolute atomic E-state index is 0.0461. The van der Waals surface area contributed by atoms with Gasteiger partial charge in [-0.25, -0.2) is 17.9 Å². The number of carboxylic acid groups (broad SMARTS) is 1. The van der Waals surface area contributed by atoms with Crippen molar-refractivity contribution in [2.24, 2.45) is 0 Å². The third kappa shape index (κ3) is 3.31. The summed E-state index contributed by atoms with van der Waals surface area (Å²) in [7, 11) is -3.95. The largest absolute Gasteiger partial charge is 0.478 e. The van der Waals surface area contributed by atoms with Crippen molar-refractivity contribution in [2.75, 3.05) is 6.54 Å². The van der Waals surface area contributed by atoms with Crippen molar-refractivity contribution >= 4 is 27.3 Å². The van der Waals surface area contributed by atoms with Gasteiger partial charge in [0, 0.05) is 17.6 Å². The van der Waals surface area contributed by atoms with E-state index in [1.54, 1.807) is 13.1 Å². The summed E-state index contributed by atoms with van der Waals surface area (Å²) in [6.45, 7) is 2.86. The molecule has 2 aromatic heterocycles. The molecular formula is C14H16N4O4S2. The molecule has 3 N–H and O–H groups in total. The first-order valence-corrected chi connectivity index (χ1v) is 9.54. The normalized spacial score (nSPS) is 14.4. The van der Waals surface area contributed by atoms with Crippen molar-refractivity contribution in [3.63, 3.8) is 0 Å². The van der Waals surface area contributed by atoms with Crippen LogP contribution in [0.5, 0.6) is 0 Å². The van der Waals surface area contributed by atoms with E-state index in [9.17, 15) is 18.3 Å². The maximum Gasteiger partial charge on any atom is 0.338 e. The van der Waals surface area contributed by atoms with Crippen LogP contribution in [0.15, 0.2) is 16.6 Å². The smallest absolute Gasteiger partial charge is 0.338 e. The van der Waals surface area contributed by atoms with Gasteiger partial charge in [0.25, 0.3) is 10.0 Å². The highest BCUT2D eigenvalue weighted by atomic mass is 32.2. The predicted molar refractivity (Wildman–Crippen MR) is 87.5 cm³/mol. The lowest BCUT2D eigenvalue weighted by atomic mass is 10.1. The van der Waals surface area contributed by atoms with E-state index in [1.165, 1.54) is 6.20 Å². The maximum atomic E-state index is 12.6. The zero-order valence-electron chi connectivity index (χ0n) is 12.9. The van der Waals surface area contributed by atoms with Crippen LogP contribution in [0.25, 0.3) is 0 Å². The van der Waals surface area contributed by atoms with Gasteiger partial charge in [0.2, 0.25) is 0 Å². The zero-order chi connectivity index (χ0) is 17.3. The lowest BCUT2D eigenvalue weighted by Gasteiger charge is -2.12. The first kappa shape index (κ1) is 17.0. The Balaban J connectivity index is 1.90. The fourth-order valence-electron chi connectivity index (χ4n) is 2.46. The fourth-order valence-corrected chi connectivity index (χ4v) is 5.36. The number of carbonyl (C=O) groups is 1. The second kappa shape index (κ2) is 6.55. The van der Waals surface area contributed by atoms with Crippen LogP contribution in [0.3, 0.4) is 0 Å². The summed E-state index contributed by atoms with van der Waals surface area (Å²) >= 11 is 1.00. The predicted octanol–water partition coefficient (Wildman–Crippen LogP) is 0.669. The number of fused-ring (bicyclic) bond motifs is 1. The first-order chi connectivity index (χ1) is 11.4. The van der Waals surface area contributed by atoms with Gasteiger partial charge in [0.1, 0.15) is 4.21 Å². The average Bonchev–Trinajstić information content (AvgIpc) is 2.95. The van der Waals surface area contributed by atoms with Crippen molar-refractivity contribution in [1.82, 2.24) is 20.0 Å². The monoisotopic (exact) mass is 368 g/mol. The molecule has 10 heteroatoms. The van der Waals surface area contributed by atoms with Crippen molar-refractivity contribution < 1.29 is 18.3 Å². The number of carboxylic acids is 1. The Labute approximate surface area is 143 Å². The van der Waals surface area contributed by atoms with Gasteiger partial charge in [-0.05, 0) is 25.5 Å². The number of hydrogen-bond donors (Lipinski definition) is 3. The van der Waals surface area contributed by atoms with E-state index in [0.717, 1.165) is 21.9 Å². The van der Waals surface area contributed by atoms with Crippen molar-refractivity contribution in [3.8, 4) is 0 Å². The van der Waals surface area contributed by atoms with Crippen LogP contribution in [0, 0.1) is 6.92 Å². The molecule has 0 aromatic carbocycles. The van der Waals surface area contributed by atoms with E-state index in [2.05, 4.69) is 20.0 Å². The number of thiophene rings is 1. The highest BCUT2D eigenvalue weighted by Gasteiger charge is 2.31. The number of nitrogens with one attached hydrogen (secondary N) is 2. The summed E-state index contributed by atoms with van der Waals surface area (Å²) in [5, 5.41) is 12.6. The first-order valence-electron chi connectivity index (χ1n) is 7.24. The molecule has 0 saturated heterocycles. The molecule has 0 unspecified atom stereocenters. The molecule has 1 aliphatic heterocycles. The summed E-state index contributed by atoms with van der Waals surface area (Å²) in [6, 6.07) is 0. The molecule has 3 heterocycles.